The summed E-state index contributed by atoms with van der Waals surface area (Å²) in [6.45, 7) is 11.0. The van der Waals surface area contributed by atoms with Crippen molar-refractivity contribution in [2.24, 2.45) is 5.92 Å². The van der Waals surface area contributed by atoms with Crippen LogP contribution in [0.2, 0.25) is 0 Å². The highest BCUT2D eigenvalue weighted by atomic mass is 16.7. The van der Waals surface area contributed by atoms with E-state index in [2.05, 4.69) is 39.0 Å². The Morgan fingerprint density at radius 1 is 1.19 bits per heavy atom. The van der Waals surface area contributed by atoms with Gasteiger partial charge in [0.05, 0.1) is 11.2 Å². The average Bonchev–Trinajstić information content (AvgIpc) is 2.94. The van der Waals surface area contributed by atoms with Gasteiger partial charge in [0.15, 0.2) is 0 Å². The van der Waals surface area contributed by atoms with Gasteiger partial charge in [0.2, 0.25) is 0 Å². The molecule has 1 aromatic rings. The lowest BCUT2D eigenvalue weighted by molar-refractivity contribution is 0.00578. The van der Waals surface area contributed by atoms with Crippen molar-refractivity contribution in [1.82, 2.24) is 9.78 Å². The first-order chi connectivity index (χ1) is 9.87. The molecule has 0 aliphatic carbocycles. The smallest absolute Gasteiger partial charge is 0.399 e. The highest BCUT2D eigenvalue weighted by Gasteiger charge is 2.52. The molecule has 2 fully saturated rings. The van der Waals surface area contributed by atoms with Crippen molar-refractivity contribution >= 4 is 12.6 Å². The van der Waals surface area contributed by atoms with Gasteiger partial charge in [-0.15, -0.1) is 0 Å². The Morgan fingerprint density at radius 2 is 1.81 bits per heavy atom. The number of hydrogen-bond acceptors (Lipinski definition) is 4. The largest absolute Gasteiger partial charge is 0.498 e. The number of nitrogens with zero attached hydrogens (tertiary/aromatic N) is 2. The Morgan fingerprint density at radius 3 is 2.43 bits per heavy atom. The molecule has 2 aliphatic rings. The zero-order valence-electron chi connectivity index (χ0n) is 13.5. The van der Waals surface area contributed by atoms with Crippen molar-refractivity contribution < 1.29 is 14.0 Å². The van der Waals surface area contributed by atoms with Gasteiger partial charge in [0, 0.05) is 37.6 Å². The zero-order chi connectivity index (χ0) is 15.1. The second kappa shape index (κ2) is 5.41. The van der Waals surface area contributed by atoms with Gasteiger partial charge in [0.25, 0.3) is 0 Å². The van der Waals surface area contributed by atoms with Crippen LogP contribution in [0.4, 0.5) is 0 Å². The second-order valence-corrected chi connectivity index (χ2v) is 7.14. The first kappa shape index (κ1) is 15.1. The van der Waals surface area contributed by atoms with E-state index >= 15 is 0 Å². The summed E-state index contributed by atoms with van der Waals surface area (Å²) in [5, 5.41) is 4.47. The van der Waals surface area contributed by atoms with Gasteiger partial charge in [0.1, 0.15) is 0 Å². The number of ether oxygens (including phenoxy) is 1. The normalized spacial score (nSPS) is 25.4. The molecule has 1 aromatic heterocycles. The van der Waals surface area contributed by atoms with Gasteiger partial charge in [-0.2, -0.15) is 5.10 Å². The Kier molecular flexibility index (Phi) is 3.88. The number of rotatable bonds is 3. The van der Waals surface area contributed by atoms with Crippen LogP contribution in [0.1, 0.15) is 40.5 Å². The molecule has 3 heterocycles. The van der Waals surface area contributed by atoms with Crippen molar-refractivity contribution in [1.29, 1.82) is 0 Å². The van der Waals surface area contributed by atoms with E-state index in [0.29, 0.717) is 5.92 Å². The summed E-state index contributed by atoms with van der Waals surface area (Å²) in [7, 11) is -0.321. The number of hydrogen-bond donors (Lipinski definition) is 0. The molecule has 2 aliphatic heterocycles. The summed E-state index contributed by atoms with van der Waals surface area (Å²) in [4.78, 5) is 0. The van der Waals surface area contributed by atoms with Crippen LogP contribution < -0.4 is 5.46 Å². The fraction of sp³-hybridized carbons (Fsp3) is 0.800. The lowest BCUT2D eigenvalue weighted by Crippen LogP contribution is -2.41. The minimum Gasteiger partial charge on any atom is -0.399 e. The lowest BCUT2D eigenvalue weighted by atomic mass is 9.82. The van der Waals surface area contributed by atoms with E-state index in [4.69, 9.17) is 14.0 Å². The molecule has 0 unspecified atom stereocenters. The van der Waals surface area contributed by atoms with Crippen LogP contribution in [0.15, 0.2) is 12.4 Å². The first-order valence-corrected chi connectivity index (χ1v) is 7.83. The fourth-order valence-electron chi connectivity index (χ4n) is 2.77. The van der Waals surface area contributed by atoms with Gasteiger partial charge in [-0.3, -0.25) is 4.68 Å². The Balaban J connectivity index is 1.65. The summed E-state index contributed by atoms with van der Waals surface area (Å²) >= 11 is 0. The Hall–Kier alpha value is -0.845. The van der Waals surface area contributed by atoms with E-state index in [1.54, 1.807) is 0 Å². The van der Waals surface area contributed by atoms with Crippen LogP contribution in [0.5, 0.6) is 0 Å². The van der Waals surface area contributed by atoms with E-state index in [9.17, 15) is 0 Å². The molecule has 116 valence electrons. The minimum absolute atomic E-state index is 0.305. The molecule has 0 saturated carbocycles. The second-order valence-electron chi connectivity index (χ2n) is 7.14. The van der Waals surface area contributed by atoms with Crippen LogP contribution in [0, 0.1) is 5.92 Å². The minimum atomic E-state index is -0.321. The summed E-state index contributed by atoms with van der Waals surface area (Å²) in [6, 6.07) is 0. The van der Waals surface area contributed by atoms with Gasteiger partial charge >= 0.3 is 7.12 Å². The summed E-state index contributed by atoms with van der Waals surface area (Å²) in [5.74, 6) is 0.657. The maximum atomic E-state index is 6.06. The first-order valence-electron chi connectivity index (χ1n) is 7.83. The molecular weight excluding hydrogens is 267 g/mol. The molecule has 0 aromatic carbocycles. The van der Waals surface area contributed by atoms with E-state index in [1.165, 1.54) is 0 Å². The van der Waals surface area contributed by atoms with Crippen LogP contribution in [0.25, 0.3) is 0 Å². The molecule has 0 radical (unpaired) electrons. The van der Waals surface area contributed by atoms with Crippen molar-refractivity contribution in [3.05, 3.63) is 12.4 Å². The predicted octanol–water partition coefficient (Wildman–Crippen LogP) is 1.61. The summed E-state index contributed by atoms with van der Waals surface area (Å²) in [5.41, 5.74) is 0.390. The molecule has 0 spiro atoms. The van der Waals surface area contributed by atoms with Crippen molar-refractivity contribution in [3.8, 4) is 0 Å². The maximum absolute atomic E-state index is 6.06. The van der Waals surface area contributed by atoms with Crippen LogP contribution in [0.3, 0.4) is 0 Å². The SMILES string of the molecule is CC1(C)OB(c2cnn(CC3CCOCC3)c2)OC1(C)C. The summed E-state index contributed by atoms with van der Waals surface area (Å²) in [6.07, 6.45) is 6.15. The Labute approximate surface area is 127 Å². The molecule has 0 atom stereocenters. The van der Waals surface area contributed by atoms with Crippen LogP contribution in [-0.2, 0) is 20.6 Å². The molecule has 0 N–H and O–H groups in total. The topological polar surface area (TPSA) is 45.5 Å². The van der Waals surface area contributed by atoms with Crippen molar-refractivity contribution in [2.75, 3.05) is 13.2 Å². The fourth-order valence-corrected chi connectivity index (χ4v) is 2.77. The third-order valence-corrected chi connectivity index (χ3v) is 4.96. The molecular formula is C15H25BN2O3. The molecule has 0 amide bonds. The lowest BCUT2D eigenvalue weighted by Gasteiger charge is -2.32. The van der Waals surface area contributed by atoms with Gasteiger partial charge in [-0.25, -0.2) is 0 Å². The number of aromatic nitrogens is 2. The third-order valence-electron chi connectivity index (χ3n) is 4.96. The van der Waals surface area contributed by atoms with E-state index in [0.717, 1.165) is 38.1 Å². The quantitative estimate of drug-likeness (QED) is 0.794. The Bertz CT molecular complexity index is 479. The van der Waals surface area contributed by atoms with Gasteiger partial charge in [-0.1, -0.05) is 0 Å². The monoisotopic (exact) mass is 292 g/mol. The highest BCUT2D eigenvalue weighted by Crippen LogP contribution is 2.36. The third kappa shape index (κ3) is 3.03. The maximum Gasteiger partial charge on any atom is 0.498 e. The highest BCUT2D eigenvalue weighted by molar-refractivity contribution is 6.61. The van der Waals surface area contributed by atoms with Gasteiger partial charge < -0.3 is 14.0 Å². The standard InChI is InChI=1S/C15H25BN2O3/c1-14(2)15(3,4)21-16(20-14)13-9-17-18(11-13)10-12-5-7-19-8-6-12/h9,11-12H,5-8,10H2,1-4H3. The van der Waals surface area contributed by atoms with Gasteiger partial charge in [-0.05, 0) is 46.5 Å². The molecule has 6 heteroatoms. The van der Waals surface area contributed by atoms with E-state index in [1.807, 2.05) is 10.9 Å². The van der Waals surface area contributed by atoms with Crippen LogP contribution in [-0.4, -0.2) is 41.3 Å². The van der Waals surface area contributed by atoms with Crippen molar-refractivity contribution in [3.63, 3.8) is 0 Å². The predicted molar refractivity (Wildman–Crippen MR) is 81.5 cm³/mol. The van der Waals surface area contributed by atoms with Crippen molar-refractivity contribution in [2.45, 2.75) is 58.3 Å². The molecule has 21 heavy (non-hydrogen) atoms. The molecule has 0 bridgehead atoms. The summed E-state index contributed by atoms with van der Waals surface area (Å²) < 4.78 is 19.5. The molecule has 2 saturated heterocycles. The zero-order valence-corrected chi connectivity index (χ0v) is 13.5. The molecule has 5 nitrogen and oxygen atoms in total. The van der Waals surface area contributed by atoms with E-state index in [-0.39, 0.29) is 18.3 Å². The average molecular weight is 292 g/mol. The molecule has 3 rings (SSSR count). The van der Waals surface area contributed by atoms with Crippen LogP contribution >= 0.6 is 0 Å². The van der Waals surface area contributed by atoms with E-state index < -0.39 is 0 Å².